The highest BCUT2D eigenvalue weighted by molar-refractivity contribution is 5.67. The van der Waals surface area contributed by atoms with E-state index < -0.39 is 24.0 Å². The summed E-state index contributed by atoms with van der Waals surface area (Å²) in [6.07, 6.45) is -2.56. The van der Waals surface area contributed by atoms with E-state index in [0.29, 0.717) is 18.8 Å². The number of aryl methyl sites for hydroxylation is 1. The van der Waals surface area contributed by atoms with Gasteiger partial charge in [-0.05, 0) is 51.5 Å². The number of halogens is 4. The summed E-state index contributed by atoms with van der Waals surface area (Å²) in [5.74, 6) is -2.30. The first-order valence-corrected chi connectivity index (χ1v) is 10.6. The third-order valence-electron chi connectivity index (χ3n) is 6.56. The molecule has 0 bridgehead atoms. The average molecular weight is 442 g/mol. The predicted octanol–water partition coefficient (Wildman–Crippen LogP) is 4.96. The van der Waals surface area contributed by atoms with Crippen LogP contribution < -0.4 is 0 Å². The van der Waals surface area contributed by atoms with Crippen LogP contribution in [0.2, 0.25) is 0 Å². The molecular formula is C21H26F4N4O2. The number of aromatic nitrogens is 3. The monoisotopic (exact) mass is 442 g/mol. The molecule has 0 unspecified atom stereocenters. The zero-order valence-electron chi connectivity index (χ0n) is 17.6. The second-order valence-electron chi connectivity index (χ2n) is 8.60. The Morgan fingerprint density at radius 1 is 1.16 bits per heavy atom. The zero-order valence-corrected chi connectivity index (χ0v) is 17.6. The van der Waals surface area contributed by atoms with E-state index in [1.165, 1.54) is 11.6 Å². The van der Waals surface area contributed by atoms with Crippen LogP contribution in [-0.2, 0) is 4.74 Å². The second-order valence-corrected chi connectivity index (χ2v) is 8.60. The van der Waals surface area contributed by atoms with E-state index in [4.69, 9.17) is 4.74 Å². The van der Waals surface area contributed by atoms with Gasteiger partial charge >= 0.3 is 12.3 Å². The minimum absolute atomic E-state index is 0.0164. The summed E-state index contributed by atoms with van der Waals surface area (Å²) >= 11 is 0. The molecular weight excluding hydrogens is 416 g/mol. The number of carbonyl (C=O) groups is 1. The number of methoxy groups -OCH3 is 1. The highest BCUT2D eigenvalue weighted by Crippen LogP contribution is 2.43. The van der Waals surface area contributed by atoms with Crippen LogP contribution in [0.15, 0.2) is 6.07 Å². The lowest BCUT2D eigenvalue weighted by Crippen LogP contribution is -2.39. The maximum atomic E-state index is 15.3. The lowest BCUT2D eigenvalue weighted by Gasteiger charge is -2.32. The SMILES string of the molecule is COC(=O)N1CCC[C@H](c2cc(C)nc3c(F)c(C4CCC(C(F)(F)F)CC4)nn23)C1. The first kappa shape index (κ1) is 21.8. The van der Waals surface area contributed by atoms with E-state index in [1.807, 2.05) is 6.07 Å². The van der Waals surface area contributed by atoms with Gasteiger partial charge < -0.3 is 9.64 Å². The van der Waals surface area contributed by atoms with Crippen molar-refractivity contribution in [2.75, 3.05) is 20.2 Å². The van der Waals surface area contributed by atoms with Crippen molar-refractivity contribution in [3.8, 4) is 0 Å². The molecule has 2 aromatic rings. The van der Waals surface area contributed by atoms with Crippen LogP contribution >= 0.6 is 0 Å². The van der Waals surface area contributed by atoms with Gasteiger partial charge in [-0.2, -0.15) is 18.3 Å². The van der Waals surface area contributed by atoms with Crippen molar-refractivity contribution in [2.24, 2.45) is 5.92 Å². The first-order valence-electron chi connectivity index (χ1n) is 10.6. The van der Waals surface area contributed by atoms with Gasteiger partial charge in [0, 0.05) is 30.6 Å². The van der Waals surface area contributed by atoms with E-state index in [1.54, 1.807) is 11.8 Å². The number of alkyl halides is 3. The molecule has 4 rings (SSSR count). The number of likely N-dealkylation sites (tertiary alicyclic amines) is 1. The third kappa shape index (κ3) is 4.21. The van der Waals surface area contributed by atoms with Gasteiger partial charge in [0.15, 0.2) is 11.5 Å². The van der Waals surface area contributed by atoms with Crippen molar-refractivity contribution in [2.45, 2.75) is 63.5 Å². The maximum absolute atomic E-state index is 15.3. The lowest BCUT2D eigenvalue weighted by molar-refractivity contribution is -0.182. The molecule has 0 aromatic carbocycles. The van der Waals surface area contributed by atoms with Gasteiger partial charge in [0.2, 0.25) is 0 Å². The van der Waals surface area contributed by atoms with Crippen molar-refractivity contribution in [1.29, 1.82) is 0 Å². The minimum Gasteiger partial charge on any atom is -0.453 e. The second kappa shape index (κ2) is 8.27. The Morgan fingerprint density at radius 3 is 2.52 bits per heavy atom. The molecule has 0 spiro atoms. The van der Waals surface area contributed by atoms with Gasteiger partial charge in [0.25, 0.3) is 0 Å². The fraction of sp³-hybridized carbons (Fsp3) is 0.667. The van der Waals surface area contributed by atoms with Gasteiger partial charge in [-0.15, -0.1) is 0 Å². The minimum atomic E-state index is -4.21. The van der Waals surface area contributed by atoms with Crippen molar-refractivity contribution in [3.63, 3.8) is 0 Å². The Bertz CT molecular complexity index is 966. The van der Waals surface area contributed by atoms with Crippen LogP contribution in [0.4, 0.5) is 22.4 Å². The molecule has 1 aliphatic heterocycles. The van der Waals surface area contributed by atoms with Crippen molar-refractivity contribution >= 4 is 11.7 Å². The summed E-state index contributed by atoms with van der Waals surface area (Å²) in [7, 11) is 1.34. The molecule has 2 aromatic heterocycles. The normalized spacial score (nSPS) is 25.1. The standard InChI is InChI=1S/C21H26F4N4O2/c1-12-10-16(14-4-3-9-28(11-14)20(30)31-2)29-19(26-12)17(22)18(27-29)13-5-7-15(8-6-13)21(23,24)25/h10,13-15H,3-9,11H2,1-2H3/t13?,14-,15?/m0/s1. The first-order chi connectivity index (χ1) is 14.7. The van der Waals surface area contributed by atoms with Crippen molar-refractivity contribution in [3.05, 3.63) is 29.0 Å². The van der Waals surface area contributed by atoms with E-state index in [0.717, 1.165) is 18.5 Å². The van der Waals surface area contributed by atoms with Crippen molar-refractivity contribution < 1.29 is 27.1 Å². The van der Waals surface area contributed by atoms with E-state index in [-0.39, 0.29) is 48.9 Å². The highest BCUT2D eigenvalue weighted by Gasteiger charge is 2.42. The topological polar surface area (TPSA) is 59.7 Å². The Balaban J connectivity index is 1.64. The third-order valence-corrected chi connectivity index (χ3v) is 6.56. The van der Waals surface area contributed by atoms with Gasteiger partial charge in [-0.1, -0.05) is 0 Å². The van der Waals surface area contributed by atoms with Gasteiger partial charge in [0.1, 0.15) is 5.69 Å². The van der Waals surface area contributed by atoms with Crippen LogP contribution in [0.5, 0.6) is 0 Å². The maximum Gasteiger partial charge on any atom is 0.409 e. The van der Waals surface area contributed by atoms with Crippen LogP contribution in [0.3, 0.4) is 0 Å². The average Bonchev–Trinajstić information content (AvgIpc) is 3.08. The summed E-state index contributed by atoms with van der Waals surface area (Å²) < 4.78 is 60.6. The van der Waals surface area contributed by atoms with Crippen LogP contribution in [0.1, 0.15) is 67.4 Å². The molecule has 1 aliphatic carbocycles. The Hall–Kier alpha value is -2.39. The molecule has 10 heteroatoms. The zero-order chi connectivity index (χ0) is 22.3. The number of fused-ring (bicyclic) bond motifs is 1. The number of ether oxygens (including phenoxy) is 1. The molecule has 170 valence electrons. The van der Waals surface area contributed by atoms with Crippen LogP contribution in [0, 0.1) is 18.7 Å². The Labute approximate surface area is 177 Å². The molecule has 2 aliphatic rings. The summed E-state index contributed by atoms with van der Waals surface area (Å²) in [6.45, 7) is 2.79. The molecule has 0 radical (unpaired) electrons. The van der Waals surface area contributed by atoms with Gasteiger partial charge in [-0.3, -0.25) is 0 Å². The smallest absolute Gasteiger partial charge is 0.409 e. The molecule has 1 saturated heterocycles. The summed E-state index contributed by atoms with van der Waals surface area (Å²) in [5, 5.41) is 4.49. The van der Waals surface area contributed by atoms with Crippen molar-refractivity contribution in [1.82, 2.24) is 19.5 Å². The number of nitrogens with zero attached hydrogens (tertiary/aromatic N) is 4. The molecule has 3 heterocycles. The molecule has 1 amide bonds. The van der Waals surface area contributed by atoms with Gasteiger partial charge in [0.05, 0.1) is 18.7 Å². The van der Waals surface area contributed by atoms with E-state index >= 15 is 4.39 Å². The lowest BCUT2D eigenvalue weighted by atomic mass is 9.80. The van der Waals surface area contributed by atoms with Crippen LogP contribution in [0.25, 0.3) is 5.65 Å². The summed E-state index contributed by atoms with van der Waals surface area (Å²) in [4.78, 5) is 17.9. The predicted molar refractivity (Wildman–Crippen MR) is 104 cm³/mol. The molecule has 2 fully saturated rings. The molecule has 1 atom stereocenters. The van der Waals surface area contributed by atoms with Gasteiger partial charge in [-0.25, -0.2) is 18.7 Å². The number of hydrogen-bond donors (Lipinski definition) is 0. The fourth-order valence-corrected chi connectivity index (χ4v) is 4.92. The molecule has 0 N–H and O–H groups in total. The Kier molecular flexibility index (Phi) is 5.83. The number of amides is 1. The fourth-order valence-electron chi connectivity index (χ4n) is 4.92. The van der Waals surface area contributed by atoms with E-state index in [9.17, 15) is 18.0 Å². The number of carbonyl (C=O) groups excluding carboxylic acids is 1. The van der Waals surface area contributed by atoms with E-state index in [2.05, 4.69) is 10.1 Å². The number of hydrogen-bond acceptors (Lipinski definition) is 4. The quantitative estimate of drug-likeness (QED) is 0.617. The molecule has 1 saturated carbocycles. The number of piperidine rings is 1. The largest absolute Gasteiger partial charge is 0.453 e. The summed E-state index contributed by atoms with van der Waals surface area (Å²) in [6, 6.07) is 1.84. The molecule has 6 nitrogen and oxygen atoms in total. The summed E-state index contributed by atoms with van der Waals surface area (Å²) in [5.41, 5.74) is 1.67. The number of rotatable bonds is 2. The Morgan fingerprint density at radius 2 is 1.87 bits per heavy atom. The highest BCUT2D eigenvalue weighted by atomic mass is 19.4. The van der Waals surface area contributed by atoms with Crippen LogP contribution in [-0.4, -0.2) is 52.0 Å². The molecule has 31 heavy (non-hydrogen) atoms.